The summed E-state index contributed by atoms with van der Waals surface area (Å²) in [6.07, 6.45) is 0.883. The van der Waals surface area contributed by atoms with Gasteiger partial charge in [0.15, 0.2) is 6.61 Å². The Morgan fingerprint density at radius 3 is 2.57 bits per heavy atom. The molecule has 2 N–H and O–H groups in total. The summed E-state index contributed by atoms with van der Waals surface area (Å²) in [6, 6.07) is 8.22. The van der Waals surface area contributed by atoms with E-state index in [1.54, 1.807) is 0 Å². The maximum absolute atomic E-state index is 11.9. The molecule has 1 amide bonds. The van der Waals surface area contributed by atoms with E-state index in [2.05, 4.69) is 24.5 Å². The van der Waals surface area contributed by atoms with Gasteiger partial charge < -0.3 is 15.4 Å². The van der Waals surface area contributed by atoms with E-state index in [4.69, 9.17) is 4.74 Å². The topological polar surface area (TPSA) is 50.4 Å². The third kappa shape index (κ3) is 6.63. The summed E-state index contributed by atoms with van der Waals surface area (Å²) in [7, 11) is 0. The van der Waals surface area contributed by atoms with Crippen LogP contribution in [-0.4, -0.2) is 24.1 Å². The fraction of sp³-hybridized carbons (Fsp3) is 0.588. The third-order valence-corrected chi connectivity index (χ3v) is 3.39. The van der Waals surface area contributed by atoms with Gasteiger partial charge in [0, 0.05) is 23.7 Å². The lowest BCUT2D eigenvalue weighted by Gasteiger charge is -2.24. The average molecular weight is 292 g/mol. The summed E-state index contributed by atoms with van der Waals surface area (Å²) >= 11 is 0. The van der Waals surface area contributed by atoms with Crippen LogP contribution in [0.1, 0.15) is 46.6 Å². The van der Waals surface area contributed by atoms with E-state index in [0.29, 0.717) is 6.04 Å². The molecule has 0 saturated heterocycles. The average Bonchev–Trinajstić information content (AvgIpc) is 2.43. The second kappa shape index (κ2) is 8.03. The van der Waals surface area contributed by atoms with Crippen LogP contribution in [-0.2, 0) is 11.3 Å². The Morgan fingerprint density at radius 1 is 1.29 bits per heavy atom. The minimum atomic E-state index is -0.195. The fourth-order valence-corrected chi connectivity index (χ4v) is 1.75. The SMILES string of the molecule is CCC(C)(C)NC(=O)COc1ccccc1CNC(C)C. The van der Waals surface area contributed by atoms with Gasteiger partial charge in [-0.05, 0) is 26.3 Å². The first-order chi connectivity index (χ1) is 9.84. The highest BCUT2D eigenvalue weighted by Crippen LogP contribution is 2.18. The molecule has 0 spiro atoms. The Morgan fingerprint density at radius 2 is 1.95 bits per heavy atom. The van der Waals surface area contributed by atoms with Crippen LogP contribution >= 0.6 is 0 Å². The molecule has 118 valence electrons. The van der Waals surface area contributed by atoms with Crippen molar-refractivity contribution in [1.29, 1.82) is 0 Å². The van der Waals surface area contributed by atoms with Crippen molar-refractivity contribution in [2.75, 3.05) is 6.61 Å². The maximum atomic E-state index is 11.9. The van der Waals surface area contributed by atoms with Crippen LogP contribution in [0.2, 0.25) is 0 Å². The Balaban J connectivity index is 2.57. The van der Waals surface area contributed by atoms with Crippen LogP contribution in [0.3, 0.4) is 0 Å². The molecule has 0 bridgehead atoms. The van der Waals surface area contributed by atoms with Crippen molar-refractivity contribution in [3.63, 3.8) is 0 Å². The fourth-order valence-electron chi connectivity index (χ4n) is 1.75. The molecule has 1 aromatic carbocycles. The van der Waals surface area contributed by atoms with Crippen molar-refractivity contribution in [2.45, 2.75) is 59.2 Å². The summed E-state index contributed by atoms with van der Waals surface area (Å²) in [6.45, 7) is 11.0. The van der Waals surface area contributed by atoms with E-state index in [0.717, 1.165) is 24.3 Å². The third-order valence-electron chi connectivity index (χ3n) is 3.39. The number of carbonyl (C=O) groups excluding carboxylic acids is 1. The van der Waals surface area contributed by atoms with Crippen molar-refractivity contribution in [1.82, 2.24) is 10.6 Å². The number of hydrogen-bond donors (Lipinski definition) is 2. The quantitative estimate of drug-likeness (QED) is 0.774. The molecular formula is C17H28N2O2. The first kappa shape index (κ1) is 17.5. The summed E-state index contributed by atoms with van der Waals surface area (Å²) < 4.78 is 5.67. The molecule has 0 atom stereocenters. The van der Waals surface area contributed by atoms with Crippen molar-refractivity contribution >= 4 is 5.91 Å². The highest BCUT2D eigenvalue weighted by Gasteiger charge is 2.18. The van der Waals surface area contributed by atoms with E-state index in [-0.39, 0.29) is 18.1 Å². The minimum absolute atomic E-state index is 0.0438. The second-order valence-corrected chi connectivity index (χ2v) is 6.22. The van der Waals surface area contributed by atoms with Crippen molar-refractivity contribution in [3.8, 4) is 5.75 Å². The number of benzene rings is 1. The number of carbonyl (C=O) groups is 1. The monoisotopic (exact) mass is 292 g/mol. The summed E-state index contributed by atoms with van der Waals surface area (Å²) in [4.78, 5) is 11.9. The molecule has 0 unspecified atom stereocenters. The predicted molar refractivity (Wildman–Crippen MR) is 86.4 cm³/mol. The number of rotatable bonds is 8. The van der Waals surface area contributed by atoms with Gasteiger partial charge in [0.2, 0.25) is 0 Å². The van der Waals surface area contributed by atoms with Gasteiger partial charge in [-0.3, -0.25) is 4.79 Å². The molecule has 0 radical (unpaired) electrons. The predicted octanol–water partition coefficient (Wildman–Crippen LogP) is 2.87. The molecule has 1 aromatic rings. The molecule has 4 heteroatoms. The molecule has 0 aromatic heterocycles. The lowest BCUT2D eigenvalue weighted by molar-refractivity contribution is -0.124. The van der Waals surface area contributed by atoms with Crippen LogP contribution in [0, 0.1) is 0 Å². The Labute approximate surface area is 128 Å². The van der Waals surface area contributed by atoms with Crippen molar-refractivity contribution in [2.24, 2.45) is 0 Å². The second-order valence-electron chi connectivity index (χ2n) is 6.22. The first-order valence-corrected chi connectivity index (χ1v) is 7.59. The van der Waals surface area contributed by atoms with E-state index < -0.39 is 0 Å². The summed E-state index contributed by atoms with van der Waals surface area (Å²) in [5, 5.41) is 6.32. The molecule has 0 saturated carbocycles. The number of ether oxygens (including phenoxy) is 1. The van der Waals surface area contributed by atoms with Crippen LogP contribution in [0.4, 0.5) is 0 Å². The molecule has 0 aliphatic rings. The van der Waals surface area contributed by atoms with Gasteiger partial charge in [0.05, 0.1) is 0 Å². The molecule has 0 heterocycles. The first-order valence-electron chi connectivity index (χ1n) is 7.59. The zero-order chi connectivity index (χ0) is 15.9. The van der Waals surface area contributed by atoms with E-state index in [9.17, 15) is 4.79 Å². The van der Waals surface area contributed by atoms with Gasteiger partial charge >= 0.3 is 0 Å². The standard InChI is InChI=1S/C17H28N2O2/c1-6-17(4,5)19-16(20)12-21-15-10-8-7-9-14(15)11-18-13(2)3/h7-10,13,18H,6,11-12H2,1-5H3,(H,19,20). The lowest BCUT2D eigenvalue weighted by Crippen LogP contribution is -2.44. The zero-order valence-corrected chi connectivity index (χ0v) is 13.8. The minimum Gasteiger partial charge on any atom is -0.483 e. The van der Waals surface area contributed by atoms with Gasteiger partial charge in [0.1, 0.15) is 5.75 Å². The lowest BCUT2D eigenvalue weighted by atomic mass is 10.0. The molecular weight excluding hydrogens is 264 g/mol. The van der Waals surface area contributed by atoms with Gasteiger partial charge in [-0.1, -0.05) is 39.0 Å². The molecule has 0 aliphatic carbocycles. The zero-order valence-electron chi connectivity index (χ0n) is 13.8. The Bertz CT molecular complexity index is 456. The number of amides is 1. The van der Waals surface area contributed by atoms with Gasteiger partial charge in [0.25, 0.3) is 5.91 Å². The van der Waals surface area contributed by atoms with Crippen molar-refractivity contribution in [3.05, 3.63) is 29.8 Å². The highest BCUT2D eigenvalue weighted by atomic mass is 16.5. The smallest absolute Gasteiger partial charge is 0.258 e. The van der Waals surface area contributed by atoms with E-state index in [1.807, 2.05) is 45.0 Å². The molecule has 1 rings (SSSR count). The normalized spacial score (nSPS) is 11.5. The molecule has 0 fully saturated rings. The van der Waals surface area contributed by atoms with Crippen LogP contribution < -0.4 is 15.4 Å². The Hall–Kier alpha value is -1.55. The highest BCUT2D eigenvalue weighted by molar-refractivity contribution is 5.78. The number of para-hydroxylation sites is 1. The Kier molecular flexibility index (Phi) is 6.69. The van der Waals surface area contributed by atoms with Crippen molar-refractivity contribution < 1.29 is 9.53 Å². The number of hydrogen-bond acceptors (Lipinski definition) is 3. The number of nitrogens with one attached hydrogen (secondary N) is 2. The molecule has 4 nitrogen and oxygen atoms in total. The van der Waals surface area contributed by atoms with Crippen LogP contribution in [0.25, 0.3) is 0 Å². The van der Waals surface area contributed by atoms with Gasteiger partial charge in [-0.25, -0.2) is 0 Å². The van der Waals surface area contributed by atoms with Crippen LogP contribution in [0.5, 0.6) is 5.75 Å². The molecule has 0 aliphatic heterocycles. The maximum Gasteiger partial charge on any atom is 0.258 e. The largest absolute Gasteiger partial charge is 0.483 e. The van der Waals surface area contributed by atoms with Gasteiger partial charge in [-0.15, -0.1) is 0 Å². The van der Waals surface area contributed by atoms with E-state index in [1.165, 1.54) is 0 Å². The van der Waals surface area contributed by atoms with E-state index >= 15 is 0 Å². The van der Waals surface area contributed by atoms with Gasteiger partial charge in [-0.2, -0.15) is 0 Å². The molecule has 21 heavy (non-hydrogen) atoms. The van der Waals surface area contributed by atoms with Crippen LogP contribution in [0.15, 0.2) is 24.3 Å². The summed E-state index contributed by atoms with van der Waals surface area (Å²) in [5.41, 5.74) is 0.868. The summed E-state index contributed by atoms with van der Waals surface area (Å²) in [5.74, 6) is 0.670.